The highest BCUT2D eigenvalue weighted by Crippen LogP contribution is 2.24. The fourth-order valence-corrected chi connectivity index (χ4v) is 3.90. The van der Waals surface area contributed by atoms with Crippen LogP contribution < -0.4 is 15.2 Å². The molecular formula is C14H24N2O3S. The van der Waals surface area contributed by atoms with E-state index in [1.54, 1.807) is 32.2 Å². The van der Waals surface area contributed by atoms with Crippen molar-refractivity contribution in [2.75, 3.05) is 13.7 Å². The van der Waals surface area contributed by atoms with Gasteiger partial charge in [0.1, 0.15) is 5.75 Å². The normalized spacial score (nSPS) is 12.4. The maximum Gasteiger partial charge on any atom is 0.241 e. The van der Waals surface area contributed by atoms with Crippen molar-refractivity contribution >= 4 is 10.0 Å². The van der Waals surface area contributed by atoms with E-state index in [4.69, 9.17) is 10.5 Å². The maximum atomic E-state index is 12.5. The molecular weight excluding hydrogens is 276 g/mol. The van der Waals surface area contributed by atoms with Crippen molar-refractivity contribution < 1.29 is 13.2 Å². The first-order chi connectivity index (χ1) is 9.34. The lowest BCUT2D eigenvalue weighted by molar-refractivity contribution is 0.363. The van der Waals surface area contributed by atoms with Crippen molar-refractivity contribution in [3.63, 3.8) is 0 Å². The molecule has 114 valence electrons. The van der Waals surface area contributed by atoms with Crippen molar-refractivity contribution in [1.82, 2.24) is 4.72 Å². The monoisotopic (exact) mass is 300 g/mol. The van der Waals surface area contributed by atoms with Gasteiger partial charge < -0.3 is 10.5 Å². The number of methoxy groups -OCH3 is 1. The number of hydrogen-bond donors (Lipinski definition) is 2. The third kappa shape index (κ3) is 3.50. The van der Waals surface area contributed by atoms with E-state index in [2.05, 4.69) is 4.72 Å². The van der Waals surface area contributed by atoms with Crippen LogP contribution in [0.2, 0.25) is 0 Å². The Morgan fingerprint density at radius 3 is 2.30 bits per heavy atom. The summed E-state index contributed by atoms with van der Waals surface area (Å²) in [5.74, 6) is 0.637. The summed E-state index contributed by atoms with van der Waals surface area (Å²) in [6.45, 7) is 5.88. The van der Waals surface area contributed by atoms with Gasteiger partial charge in [0, 0.05) is 12.1 Å². The van der Waals surface area contributed by atoms with Gasteiger partial charge in [0.15, 0.2) is 0 Å². The van der Waals surface area contributed by atoms with Crippen LogP contribution in [0.25, 0.3) is 0 Å². The maximum absolute atomic E-state index is 12.5. The number of ether oxygens (including phenoxy) is 1. The van der Waals surface area contributed by atoms with Gasteiger partial charge in [-0.05, 0) is 43.5 Å². The molecule has 5 nitrogen and oxygen atoms in total. The second kappa shape index (κ2) is 6.56. The summed E-state index contributed by atoms with van der Waals surface area (Å²) in [6, 6.07) is 4.91. The third-order valence-corrected chi connectivity index (χ3v) is 5.51. The van der Waals surface area contributed by atoms with Gasteiger partial charge in [-0.25, -0.2) is 13.1 Å². The highest BCUT2D eigenvalue weighted by molar-refractivity contribution is 7.89. The average Bonchev–Trinajstić information content (AvgIpc) is 2.44. The standard InChI is InChI=1S/C14H24N2O3S/c1-5-14(6-2,10-15)16-20(17,18)13-8-7-12(19-4)9-11(13)3/h7-9,16H,5-6,10,15H2,1-4H3. The van der Waals surface area contributed by atoms with Crippen LogP contribution in [0.4, 0.5) is 0 Å². The Kier molecular flexibility index (Phi) is 5.56. The summed E-state index contributed by atoms with van der Waals surface area (Å²) in [5, 5.41) is 0. The van der Waals surface area contributed by atoms with E-state index in [1.807, 2.05) is 13.8 Å². The number of aryl methyl sites for hydroxylation is 1. The quantitative estimate of drug-likeness (QED) is 0.804. The van der Waals surface area contributed by atoms with Gasteiger partial charge in [-0.3, -0.25) is 0 Å². The molecule has 0 saturated heterocycles. The van der Waals surface area contributed by atoms with Gasteiger partial charge in [-0.2, -0.15) is 0 Å². The van der Waals surface area contributed by atoms with Crippen LogP contribution in [0.5, 0.6) is 5.75 Å². The zero-order valence-corrected chi connectivity index (χ0v) is 13.4. The van der Waals surface area contributed by atoms with E-state index < -0.39 is 15.6 Å². The van der Waals surface area contributed by atoms with E-state index in [-0.39, 0.29) is 11.4 Å². The lowest BCUT2D eigenvalue weighted by Gasteiger charge is -2.31. The average molecular weight is 300 g/mol. The van der Waals surface area contributed by atoms with Crippen LogP contribution in [-0.4, -0.2) is 27.6 Å². The Balaban J connectivity index is 3.17. The van der Waals surface area contributed by atoms with Crippen LogP contribution in [0.15, 0.2) is 23.1 Å². The molecule has 0 atom stereocenters. The summed E-state index contributed by atoms with van der Waals surface area (Å²) in [5.41, 5.74) is 5.81. The summed E-state index contributed by atoms with van der Waals surface area (Å²) < 4.78 is 32.9. The van der Waals surface area contributed by atoms with Gasteiger partial charge >= 0.3 is 0 Å². The molecule has 0 aliphatic rings. The minimum atomic E-state index is -3.60. The molecule has 0 fully saturated rings. The van der Waals surface area contributed by atoms with E-state index >= 15 is 0 Å². The zero-order chi connectivity index (χ0) is 15.4. The molecule has 0 aliphatic heterocycles. The first kappa shape index (κ1) is 16.9. The SMILES string of the molecule is CCC(CC)(CN)NS(=O)(=O)c1ccc(OC)cc1C. The molecule has 20 heavy (non-hydrogen) atoms. The van der Waals surface area contributed by atoms with Crippen molar-refractivity contribution in [2.45, 2.75) is 44.0 Å². The Morgan fingerprint density at radius 2 is 1.90 bits per heavy atom. The van der Waals surface area contributed by atoms with Crippen molar-refractivity contribution in [3.05, 3.63) is 23.8 Å². The van der Waals surface area contributed by atoms with Crippen LogP contribution in [-0.2, 0) is 10.0 Å². The zero-order valence-electron chi connectivity index (χ0n) is 12.6. The predicted molar refractivity (Wildman–Crippen MR) is 80.4 cm³/mol. The molecule has 0 spiro atoms. The van der Waals surface area contributed by atoms with Crippen LogP contribution in [0.1, 0.15) is 32.3 Å². The van der Waals surface area contributed by atoms with Crippen LogP contribution in [0.3, 0.4) is 0 Å². The smallest absolute Gasteiger partial charge is 0.241 e. The van der Waals surface area contributed by atoms with Crippen molar-refractivity contribution in [3.8, 4) is 5.75 Å². The Morgan fingerprint density at radius 1 is 1.30 bits per heavy atom. The number of nitrogens with two attached hydrogens (primary N) is 1. The number of benzene rings is 1. The Hall–Kier alpha value is -1.11. The minimum Gasteiger partial charge on any atom is -0.497 e. The largest absolute Gasteiger partial charge is 0.497 e. The van der Waals surface area contributed by atoms with Crippen molar-refractivity contribution in [2.24, 2.45) is 5.73 Å². The summed E-state index contributed by atoms with van der Waals surface area (Å²) in [4.78, 5) is 0.262. The molecule has 0 bridgehead atoms. The topological polar surface area (TPSA) is 81.4 Å². The molecule has 6 heteroatoms. The van der Waals surface area contributed by atoms with E-state index in [0.29, 0.717) is 24.2 Å². The molecule has 0 aliphatic carbocycles. The van der Waals surface area contributed by atoms with Gasteiger partial charge in [0.05, 0.1) is 12.0 Å². The lowest BCUT2D eigenvalue weighted by Crippen LogP contribution is -2.52. The van der Waals surface area contributed by atoms with E-state index in [1.165, 1.54) is 0 Å². The van der Waals surface area contributed by atoms with E-state index in [0.717, 1.165) is 0 Å². The summed E-state index contributed by atoms with van der Waals surface area (Å²) in [7, 11) is -2.05. The van der Waals surface area contributed by atoms with Gasteiger partial charge in [0.2, 0.25) is 10.0 Å². The molecule has 1 aromatic rings. The van der Waals surface area contributed by atoms with Crippen LogP contribution >= 0.6 is 0 Å². The number of sulfonamides is 1. The minimum absolute atomic E-state index is 0.262. The summed E-state index contributed by atoms with van der Waals surface area (Å²) >= 11 is 0. The molecule has 0 aromatic heterocycles. The Labute approximate surface area is 121 Å². The molecule has 0 radical (unpaired) electrons. The van der Waals surface area contributed by atoms with Gasteiger partial charge in [0.25, 0.3) is 0 Å². The molecule has 0 saturated carbocycles. The first-order valence-electron chi connectivity index (χ1n) is 6.73. The Bertz CT molecular complexity index is 543. The van der Waals surface area contributed by atoms with Crippen molar-refractivity contribution in [1.29, 1.82) is 0 Å². The first-order valence-corrected chi connectivity index (χ1v) is 8.21. The number of nitrogens with one attached hydrogen (secondary N) is 1. The lowest BCUT2D eigenvalue weighted by atomic mass is 9.95. The van der Waals surface area contributed by atoms with Gasteiger partial charge in [-0.15, -0.1) is 0 Å². The number of hydrogen-bond acceptors (Lipinski definition) is 4. The highest BCUT2D eigenvalue weighted by Gasteiger charge is 2.31. The number of rotatable bonds is 7. The van der Waals surface area contributed by atoms with Gasteiger partial charge in [-0.1, -0.05) is 13.8 Å². The molecule has 0 unspecified atom stereocenters. The van der Waals surface area contributed by atoms with E-state index in [9.17, 15) is 8.42 Å². The fraction of sp³-hybridized carbons (Fsp3) is 0.571. The second-order valence-electron chi connectivity index (χ2n) is 4.93. The summed E-state index contributed by atoms with van der Waals surface area (Å²) in [6.07, 6.45) is 1.29. The molecule has 1 rings (SSSR count). The molecule has 0 amide bonds. The third-order valence-electron chi connectivity index (χ3n) is 3.77. The molecule has 1 aromatic carbocycles. The highest BCUT2D eigenvalue weighted by atomic mass is 32.2. The van der Waals surface area contributed by atoms with Crippen LogP contribution in [0, 0.1) is 6.92 Å². The predicted octanol–water partition coefficient (Wildman–Crippen LogP) is 1.80. The molecule has 3 N–H and O–H groups in total. The fourth-order valence-electron chi connectivity index (χ4n) is 2.12. The second-order valence-corrected chi connectivity index (χ2v) is 6.58. The molecule has 0 heterocycles.